The van der Waals surface area contributed by atoms with E-state index in [-0.39, 0.29) is 6.61 Å². The van der Waals surface area contributed by atoms with Crippen LogP contribution in [0.2, 0.25) is 0 Å². The molecule has 0 spiro atoms. The van der Waals surface area contributed by atoms with Gasteiger partial charge in [0, 0.05) is 12.2 Å². The number of carbonyl (C=O) groups is 3. The lowest BCUT2D eigenvalue weighted by molar-refractivity contribution is -0.148. The van der Waals surface area contributed by atoms with Crippen molar-refractivity contribution in [2.24, 2.45) is 0 Å². The molecule has 1 N–H and O–H groups in total. The molecule has 0 unspecified atom stereocenters. The lowest BCUT2D eigenvalue weighted by Crippen LogP contribution is -2.29. The van der Waals surface area contributed by atoms with Gasteiger partial charge in [-0.05, 0) is 26.0 Å². The average Bonchev–Trinajstić information content (AvgIpc) is 2.53. The maximum absolute atomic E-state index is 12.0. The number of para-hydroxylation sites is 2. The first-order valence-corrected chi connectivity index (χ1v) is 6.97. The summed E-state index contributed by atoms with van der Waals surface area (Å²) >= 11 is 0. The third-order valence-electron chi connectivity index (χ3n) is 2.67. The Morgan fingerprint density at radius 1 is 1.17 bits per heavy atom. The minimum absolute atomic E-state index is 0.204. The first kappa shape index (κ1) is 18.2. The van der Waals surface area contributed by atoms with Gasteiger partial charge in [0.25, 0.3) is 5.91 Å². The van der Waals surface area contributed by atoms with Gasteiger partial charge in [-0.2, -0.15) is 0 Å². The van der Waals surface area contributed by atoms with Crippen molar-refractivity contribution >= 4 is 23.5 Å². The molecule has 124 valence electrons. The van der Waals surface area contributed by atoms with E-state index in [4.69, 9.17) is 9.47 Å². The largest absolute Gasteiger partial charge is 0.495 e. The molecule has 0 aliphatic heterocycles. The normalized spacial score (nSPS) is 11.6. The van der Waals surface area contributed by atoms with E-state index in [9.17, 15) is 14.4 Å². The molecule has 1 rings (SSSR count). The van der Waals surface area contributed by atoms with Crippen molar-refractivity contribution in [2.45, 2.75) is 20.0 Å². The van der Waals surface area contributed by atoms with Gasteiger partial charge in [-0.15, -0.1) is 0 Å². The molecule has 1 amide bonds. The van der Waals surface area contributed by atoms with Crippen LogP contribution in [0.15, 0.2) is 36.4 Å². The summed E-state index contributed by atoms with van der Waals surface area (Å²) in [5, 5.41) is 2.59. The van der Waals surface area contributed by atoms with Crippen LogP contribution in [-0.4, -0.2) is 37.7 Å². The highest BCUT2D eigenvalue weighted by molar-refractivity contribution is 5.98. The fourth-order valence-electron chi connectivity index (χ4n) is 1.58. The third kappa shape index (κ3) is 6.21. The van der Waals surface area contributed by atoms with Gasteiger partial charge in [0.2, 0.25) is 0 Å². The summed E-state index contributed by atoms with van der Waals surface area (Å²) < 4.78 is 14.6. The second-order valence-corrected chi connectivity index (χ2v) is 4.35. The highest BCUT2D eigenvalue weighted by Crippen LogP contribution is 2.23. The molecule has 0 aliphatic rings. The van der Waals surface area contributed by atoms with Gasteiger partial charge in [0.1, 0.15) is 5.75 Å². The lowest BCUT2D eigenvalue weighted by Gasteiger charge is -2.14. The number of rotatable bonds is 7. The second-order valence-electron chi connectivity index (χ2n) is 4.35. The molecule has 0 aromatic heterocycles. The Labute approximate surface area is 134 Å². The second kappa shape index (κ2) is 9.24. The summed E-state index contributed by atoms with van der Waals surface area (Å²) in [5.74, 6) is -1.51. The number of amides is 1. The van der Waals surface area contributed by atoms with Crippen LogP contribution in [0.4, 0.5) is 5.69 Å². The van der Waals surface area contributed by atoms with Crippen LogP contribution in [0.1, 0.15) is 13.8 Å². The monoisotopic (exact) mass is 321 g/mol. The summed E-state index contributed by atoms with van der Waals surface area (Å²) in [4.78, 5) is 34.6. The van der Waals surface area contributed by atoms with Gasteiger partial charge in [-0.25, -0.2) is 9.59 Å². The minimum Gasteiger partial charge on any atom is -0.495 e. The quantitative estimate of drug-likeness (QED) is 0.607. The smallest absolute Gasteiger partial charge is 0.331 e. The number of nitrogens with one attached hydrogen (secondary N) is 1. The SMILES string of the molecule is CCOC(=O)/C=C/C(=O)O[C@@H](C)C(=O)Nc1ccccc1OC. The van der Waals surface area contributed by atoms with Crippen molar-refractivity contribution in [3.63, 3.8) is 0 Å². The molecule has 0 fully saturated rings. The zero-order valence-electron chi connectivity index (χ0n) is 13.2. The van der Waals surface area contributed by atoms with Crippen LogP contribution in [0, 0.1) is 0 Å². The van der Waals surface area contributed by atoms with E-state index in [0.29, 0.717) is 11.4 Å². The van der Waals surface area contributed by atoms with Crippen molar-refractivity contribution in [2.75, 3.05) is 19.0 Å². The van der Waals surface area contributed by atoms with Crippen molar-refractivity contribution in [1.29, 1.82) is 0 Å². The summed E-state index contributed by atoms with van der Waals surface area (Å²) in [6.07, 6.45) is 0.806. The molecule has 0 heterocycles. The number of anilines is 1. The van der Waals surface area contributed by atoms with E-state index < -0.39 is 23.9 Å². The predicted molar refractivity (Wildman–Crippen MR) is 83.0 cm³/mol. The molecule has 0 saturated carbocycles. The van der Waals surface area contributed by atoms with Crippen LogP contribution in [0.25, 0.3) is 0 Å². The van der Waals surface area contributed by atoms with E-state index in [1.54, 1.807) is 31.2 Å². The highest BCUT2D eigenvalue weighted by Gasteiger charge is 2.18. The van der Waals surface area contributed by atoms with Crippen molar-refractivity contribution in [3.8, 4) is 5.75 Å². The van der Waals surface area contributed by atoms with E-state index in [0.717, 1.165) is 12.2 Å². The Bertz CT molecular complexity index is 596. The molecule has 0 bridgehead atoms. The summed E-state index contributed by atoms with van der Waals surface area (Å²) in [5.41, 5.74) is 0.463. The number of hydrogen-bond acceptors (Lipinski definition) is 6. The average molecular weight is 321 g/mol. The number of benzene rings is 1. The molecule has 23 heavy (non-hydrogen) atoms. The third-order valence-corrected chi connectivity index (χ3v) is 2.67. The number of methoxy groups -OCH3 is 1. The Morgan fingerprint density at radius 2 is 1.83 bits per heavy atom. The Morgan fingerprint density at radius 3 is 2.48 bits per heavy atom. The maximum atomic E-state index is 12.0. The fraction of sp³-hybridized carbons (Fsp3) is 0.312. The molecular weight excluding hydrogens is 302 g/mol. The van der Waals surface area contributed by atoms with Gasteiger partial charge in [0.15, 0.2) is 6.10 Å². The lowest BCUT2D eigenvalue weighted by atomic mass is 10.2. The molecule has 0 radical (unpaired) electrons. The number of hydrogen-bond donors (Lipinski definition) is 1. The molecule has 0 aliphatic carbocycles. The first-order chi connectivity index (χ1) is 11.0. The molecule has 7 heteroatoms. The highest BCUT2D eigenvalue weighted by atomic mass is 16.5. The van der Waals surface area contributed by atoms with Crippen LogP contribution in [0.5, 0.6) is 5.75 Å². The Hall–Kier alpha value is -2.83. The zero-order valence-corrected chi connectivity index (χ0v) is 13.2. The van der Waals surface area contributed by atoms with Gasteiger partial charge in [0.05, 0.1) is 19.4 Å². The van der Waals surface area contributed by atoms with E-state index >= 15 is 0 Å². The van der Waals surface area contributed by atoms with Gasteiger partial charge < -0.3 is 19.5 Å². The van der Waals surface area contributed by atoms with Crippen LogP contribution < -0.4 is 10.1 Å². The predicted octanol–water partition coefficient (Wildman–Crippen LogP) is 1.68. The van der Waals surface area contributed by atoms with Gasteiger partial charge in [-0.3, -0.25) is 4.79 Å². The molecule has 1 atom stereocenters. The summed E-state index contributed by atoms with van der Waals surface area (Å²) in [7, 11) is 1.48. The summed E-state index contributed by atoms with van der Waals surface area (Å²) in [6.45, 7) is 3.27. The van der Waals surface area contributed by atoms with Crippen LogP contribution in [-0.2, 0) is 23.9 Å². The first-order valence-electron chi connectivity index (χ1n) is 6.97. The molecule has 7 nitrogen and oxygen atoms in total. The van der Waals surface area contributed by atoms with E-state index in [1.165, 1.54) is 14.0 Å². The number of ether oxygens (including phenoxy) is 3. The number of carbonyl (C=O) groups excluding carboxylic acids is 3. The minimum atomic E-state index is -1.04. The Kier molecular flexibility index (Phi) is 7.32. The topological polar surface area (TPSA) is 90.9 Å². The van der Waals surface area contributed by atoms with E-state index in [1.807, 2.05) is 0 Å². The molecule has 1 aromatic rings. The maximum Gasteiger partial charge on any atom is 0.331 e. The van der Waals surface area contributed by atoms with Crippen molar-refractivity contribution < 1.29 is 28.6 Å². The van der Waals surface area contributed by atoms with Crippen molar-refractivity contribution in [3.05, 3.63) is 36.4 Å². The van der Waals surface area contributed by atoms with Crippen LogP contribution >= 0.6 is 0 Å². The Balaban J connectivity index is 2.57. The van der Waals surface area contributed by atoms with Crippen LogP contribution in [0.3, 0.4) is 0 Å². The summed E-state index contributed by atoms with van der Waals surface area (Å²) in [6, 6.07) is 6.84. The number of esters is 2. The molecular formula is C16H19NO6. The van der Waals surface area contributed by atoms with E-state index in [2.05, 4.69) is 10.1 Å². The molecule has 1 aromatic carbocycles. The standard InChI is InChI=1S/C16H19NO6/c1-4-22-14(18)9-10-15(19)23-11(2)16(20)17-12-7-5-6-8-13(12)21-3/h5-11H,4H2,1-3H3,(H,17,20)/b10-9+/t11-/m0/s1. The molecule has 0 saturated heterocycles. The van der Waals surface area contributed by atoms with Gasteiger partial charge in [-0.1, -0.05) is 12.1 Å². The zero-order chi connectivity index (χ0) is 17.2. The van der Waals surface area contributed by atoms with Crippen molar-refractivity contribution in [1.82, 2.24) is 0 Å². The van der Waals surface area contributed by atoms with Gasteiger partial charge >= 0.3 is 11.9 Å². The fourth-order valence-corrected chi connectivity index (χ4v) is 1.58.